The molecule has 15 heavy (non-hydrogen) atoms. The summed E-state index contributed by atoms with van der Waals surface area (Å²) >= 11 is 5.71. The highest BCUT2D eigenvalue weighted by Gasteiger charge is 2.21. The average molecular weight is 227 g/mol. The number of carbonyl (C=O) groups excluding carboxylic acids is 1. The Labute approximate surface area is 92.3 Å². The zero-order chi connectivity index (χ0) is 10.7. The van der Waals surface area contributed by atoms with Crippen LogP contribution in [-0.4, -0.2) is 28.5 Å². The largest absolute Gasteiger partial charge is 0.358 e. The Morgan fingerprint density at radius 2 is 2.40 bits per heavy atom. The van der Waals surface area contributed by atoms with E-state index < -0.39 is 0 Å². The number of amides is 1. The predicted octanol–water partition coefficient (Wildman–Crippen LogP) is 0.820. The van der Waals surface area contributed by atoms with Crippen molar-refractivity contribution in [2.75, 3.05) is 11.9 Å². The molecule has 0 aromatic carbocycles. The average Bonchev–Trinajstić information content (AvgIpc) is 2.22. The third kappa shape index (κ3) is 2.56. The zero-order valence-corrected chi connectivity index (χ0v) is 8.79. The molecule has 0 radical (unpaired) electrons. The second kappa shape index (κ2) is 4.44. The molecule has 1 aliphatic heterocycles. The van der Waals surface area contributed by atoms with Crippen molar-refractivity contribution in [3.05, 3.63) is 17.5 Å². The van der Waals surface area contributed by atoms with Crippen LogP contribution in [0.1, 0.15) is 12.8 Å². The van der Waals surface area contributed by atoms with Crippen molar-refractivity contribution in [3.63, 3.8) is 0 Å². The number of halogens is 1. The molecule has 1 fully saturated rings. The van der Waals surface area contributed by atoms with E-state index >= 15 is 0 Å². The first-order chi connectivity index (χ1) is 7.25. The fourth-order valence-corrected chi connectivity index (χ4v) is 1.65. The van der Waals surface area contributed by atoms with Gasteiger partial charge in [0.15, 0.2) is 0 Å². The summed E-state index contributed by atoms with van der Waals surface area (Å²) in [7, 11) is 0. The second-order valence-corrected chi connectivity index (χ2v) is 3.74. The number of anilines is 1. The van der Waals surface area contributed by atoms with Crippen LogP contribution in [0.25, 0.3) is 0 Å². The second-order valence-electron chi connectivity index (χ2n) is 3.36. The molecular weight excluding hydrogens is 216 g/mol. The van der Waals surface area contributed by atoms with E-state index in [0.717, 1.165) is 19.4 Å². The van der Waals surface area contributed by atoms with E-state index in [1.54, 1.807) is 6.07 Å². The number of nitrogens with one attached hydrogen (secondary N) is 2. The molecule has 0 saturated carbocycles. The van der Waals surface area contributed by atoms with Crippen molar-refractivity contribution in [3.8, 4) is 0 Å². The summed E-state index contributed by atoms with van der Waals surface area (Å²) in [5, 5.41) is 6.18. The molecule has 1 aromatic heterocycles. The predicted molar refractivity (Wildman–Crippen MR) is 56.7 cm³/mol. The van der Waals surface area contributed by atoms with Crippen molar-refractivity contribution >= 4 is 23.3 Å². The Balaban J connectivity index is 2.04. The third-order valence-corrected chi connectivity index (χ3v) is 2.45. The summed E-state index contributed by atoms with van der Waals surface area (Å²) in [6, 6.07) is 1.38. The highest BCUT2D eigenvalue weighted by molar-refractivity contribution is 6.29. The topological polar surface area (TPSA) is 66.9 Å². The van der Waals surface area contributed by atoms with Crippen LogP contribution >= 0.6 is 11.6 Å². The lowest BCUT2D eigenvalue weighted by atomic mass is 10.1. The Morgan fingerprint density at radius 3 is 3.13 bits per heavy atom. The highest BCUT2D eigenvalue weighted by Crippen LogP contribution is 2.13. The van der Waals surface area contributed by atoms with Crippen molar-refractivity contribution in [1.82, 2.24) is 15.3 Å². The Hall–Kier alpha value is -1.36. The normalized spacial score (nSPS) is 20.9. The number of nitrogens with zero attached hydrogens (tertiary/aromatic N) is 2. The first kappa shape index (κ1) is 10.2. The number of rotatable bonds is 2. The molecule has 1 aliphatic rings. The molecule has 6 heteroatoms. The summed E-state index contributed by atoms with van der Waals surface area (Å²) in [5.41, 5.74) is 0. The number of carbonyl (C=O) groups is 1. The van der Waals surface area contributed by atoms with Crippen molar-refractivity contribution in [1.29, 1.82) is 0 Å². The van der Waals surface area contributed by atoms with Crippen LogP contribution in [0.15, 0.2) is 12.4 Å². The SMILES string of the molecule is O=C1NCCCC1Nc1cc(Cl)ncn1. The van der Waals surface area contributed by atoms with E-state index in [1.165, 1.54) is 6.33 Å². The first-order valence-corrected chi connectivity index (χ1v) is 5.15. The summed E-state index contributed by atoms with van der Waals surface area (Å²) in [6.45, 7) is 0.752. The summed E-state index contributed by atoms with van der Waals surface area (Å²) < 4.78 is 0. The lowest BCUT2D eigenvalue weighted by molar-refractivity contribution is -0.123. The maximum Gasteiger partial charge on any atom is 0.242 e. The maximum atomic E-state index is 11.4. The Morgan fingerprint density at radius 1 is 1.53 bits per heavy atom. The van der Waals surface area contributed by atoms with E-state index in [2.05, 4.69) is 20.6 Å². The van der Waals surface area contributed by atoms with Gasteiger partial charge in [-0.1, -0.05) is 11.6 Å². The van der Waals surface area contributed by atoms with Crippen molar-refractivity contribution in [2.24, 2.45) is 0 Å². The van der Waals surface area contributed by atoms with Gasteiger partial charge in [-0.2, -0.15) is 0 Å². The third-order valence-electron chi connectivity index (χ3n) is 2.24. The van der Waals surface area contributed by atoms with Gasteiger partial charge in [0.25, 0.3) is 0 Å². The van der Waals surface area contributed by atoms with Crippen LogP contribution in [-0.2, 0) is 4.79 Å². The fourth-order valence-electron chi connectivity index (χ4n) is 1.50. The molecule has 1 aromatic rings. The van der Waals surface area contributed by atoms with Crippen molar-refractivity contribution < 1.29 is 4.79 Å². The Kier molecular flexibility index (Phi) is 3.01. The zero-order valence-electron chi connectivity index (χ0n) is 8.03. The first-order valence-electron chi connectivity index (χ1n) is 4.77. The molecule has 2 rings (SSSR count). The molecule has 0 aliphatic carbocycles. The van der Waals surface area contributed by atoms with Gasteiger partial charge in [0, 0.05) is 12.6 Å². The molecule has 5 nitrogen and oxygen atoms in total. The van der Waals surface area contributed by atoms with Crippen LogP contribution in [0.5, 0.6) is 0 Å². The molecule has 1 amide bonds. The van der Waals surface area contributed by atoms with Gasteiger partial charge in [0.05, 0.1) is 0 Å². The van der Waals surface area contributed by atoms with Gasteiger partial charge in [-0.05, 0) is 12.8 Å². The van der Waals surface area contributed by atoms with Crippen LogP contribution in [0.4, 0.5) is 5.82 Å². The van der Waals surface area contributed by atoms with Crippen LogP contribution in [0, 0.1) is 0 Å². The minimum absolute atomic E-state index is 0.0102. The molecule has 2 N–H and O–H groups in total. The van der Waals surface area contributed by atoms with E-state index in [-0.39, 0.29) is 11.9 Å². The standard InChI is InChI=1S/C9H11ClN4O/c10-7-4-8(13-5-12-7)14-6-2-1-3-11-9(6)15/h4-6H,1-3H2,(H,11,15)(H,12,13,14). The molecule has 0 bridgehead atoms. The van der Waals surface area contributed by atoms with Gasteiger partial charge in [0.2, 0.25) is 5.91 Å². The minimum atomic E-state index is -0.218. The Bertz CT molecular complexity index is 371. The molecule has 0 spiro atoms. The molecule has 1 saturated heterocycles. The lowest BCUT2D eigenvalue weighted by Gasteiger charge is -2.22. The highest BCUT2D eigenvalue weighted by atomic mass is 35.5. The number of aromatic nitrogens is 2. The van der Waals surface area contributed by atoms with Crippen LogP contribution in [0.2, 0.25) is 5.15 Å². The molecular formula is C9H11ClN4O. The number of piperidine rings is 1. The molecule has 2 heterocycles. The summed E-state index contributed by atoms with van der Waals surface area (Å²) in [6.07, 6.45) is 3.15. The minimum Gasteiger partial charge on any atom is -0.358 e. The summed E-state index contributed by atoms with van der Waals surface area (Å²) in [5.74, 6) is 0.591. The quantitative estimate of drug-likeness (QED) is 0.733. The van der Waals surface area contributed by atoms with Gasteiger partial charge in [0.1, 0.15) is 23.3 Å². The van der Waals surface area contributed by atoms with Gasteiger partial charge in [-0.3, -0.25) is 4.79 Å². The fraction of sp³-hybridized carbons (Fsp3) is 0.444. The van der Waals surface area contributed by atoms with Gasteiger partial charge >= 0.3 is 0 Å². The molecule has 80 valence electrons. The van der Waals surface area contributed by atoms with Crippen LogP contribution in [0.3, 0.4) is 0 Å². The van der Waals surface area contributed by atoms with Crippen LogP contribution < -0.4 is 10.6 Å². The van der Waals surface area contributed by atoms with E-state index in [4.69, 9.17) is 11.6 Å². The van der Waals surface area contributed by atoms with E-state index in [0.29, 0.717) is 11.0 Å². The maximum absolute atomic E-state index is 11.4. The van der Waals surface area contributed by atoms with Gasteiger partial charge < -0.3 is 10.6 Å². The number of hydrogen-bond donors (Lipinski definition) is 2. The smallest absolute Gasteiger partial charge is 0.242 e. The number of hydrogen-bond acceptors (Lipinski definition) is 4. The molecule has 1 atom stereocenters. The monoisotopic (exact) mass is 226 g/mol. The van der Waals surface area contributed by atoms with Gasteiger partial charge in [-0.15, -0.1) is 0 Å². The van der Waals surface area contributed by atoms with E-state index in [1.807, 2.05) is 0 Å². The summed E-state index contributed by atoms with van der Waals surface area (Å²) in [4.78, 5) is 19.2. The van der Waals surface area contributed by atoms with Gasteiger partial charge in [-0.25, -0.2) is 9.97 Å². The van der Waals surface area contributed by atoms with Crippen molar-refractivity contribution in [2.45, 2.75) is 18.9 Å². The lowest BCUT2D eigenvalue weighted by Crippen LogP contribution is -2.44. The van der Waals surface area contributed by atoms with E-state index in [9.17, 15) is 4.79 Å². The molecule has 1 unspecified atom stereocenters.